The number of carboxylic acid groups (broad SMARTS) is 1. The van der Waals surface area contributed by atoms with Crippen LogP contribution in [0.2, 0.25) is 0 Å². The van der Waals surface area contributed by atoms with E-state index in [-0.39, 0.29) is 12.6 Å². The van der Waals surface area contributed by atoms with Crippen molar-refractivity contribution < 1.29 is 9.90 Å². The molecule has 1 aliphatic rings. The van der Waals surface area contributed by atoms with Crippen LogP contribution >= 0.6 is 0 Å². The van der Waals surface area contributed by atoms with Crippen molar-refractivity contribution in [1.29, 1.82) is 0 Å². The topological polar surface area (TPSA) is 65.5 Å². The van der Waals surface area contributed by atoms with Crippen molar-refractivity contribution in [3.63, 3.8) is 0 Å². The molecule has 1 aromatic heterocycles. The van der Waals surface area contributed by atoms with Crippen LogP contribution in [0.3, 0.4) is 0 Å². The number of carboxylic acids is 1. The molecule has 2 heterocycles. The van der Waals surface area contributed by atoms with Crippen LogP contribution < -0.4 is 5.32 Å². The van der Waals surface area contributed by atoms with Crippen molar-refractivity contribution in [2.45, 2.75) is 25.4 Å². The molecule has 5 nitrogen and oxygen atoms in total. The summed E-state index contributed by atoms with van der Waals surface area (Å²) < 4.78 is 0. The van der Waals surface area contributed by atoms with Crippen LogP contribution in [0.1, 0.15) is 18.5 Å². The van der Waals surface area contributed by atoms with Gasteiger partial charge in [-0.3, -0.25) is 14.7 Å². The first-order chi connectivity index (χ1) is 8.74. The Labute approximate surface area is 107 Å². The minimum absolute atomic E-state index is 0.0437. The average molecular weight is 249 g/mol. The highest BCUT2D eigenvalue weighted by Gasteiger charge is 2.20. The minimum Gasteiger partial charge on any atom is -0.480 e. The zero-order valence-electron chi connectivity index (χ0n) is 10.4. The highest BCUT2D eigenvalue weighted by Crippen LogP contribution is 2.12. The van der Waals surface area contributed by atoms with Crippen molar-refractivity contribution in [1.82, 2.24) is 15.2 Å². The third-order valence-electron chi connectivity index (χ3n) is 3.16. The molecule has 1 saturated heterocycles. The van der Waals surface area contributed by atoms with E-state index in [1.807, 2.05) is 18.2 Å². The van der Waals surface area contributed by atoms with Crippen LogP contribution in [0.15, 0.2) is 24.4 Å². The van der Waals surface area contributed by atoms with Gasteiger partial charge in [0, 0.05) is 25.3 Å². The van der Waals surface area contributed by atoms with Gasteiger partial charge >= 0.3 is 5.97 Å². The third kappa shape index (κ3) is 4.09. The van der Waals surface area contributed by atoms with Crippen LogP contribution in [-0.2, 0) is 11.3 Å². The number of carbonyl (C=O) groups is 1. The Morgan fingerprint density at radius 1 is 1.56 bits per heavy atom. The molecule has 0 spiro atoms. The first kappa shape index (κ1) is 13.0. The molecule has 1 aliphatic heterocycles. The molecule has 5 heteroatoms. The summed E-state index contributed by atoms with van der Waals surface area (Å²) in [5.41, 5.74) is 1.07. The molecule has 1 aromatic rings. The first-order valence-electron chi connectivity index (χ1n) is 6.31. The Kier molecular flexibility index (Phi) is 4.66. The summed E-state index contributed by atoms with van der Waals surface area (Å²) in [4.78, 5) is 17.2. The van der Waals surface area contributed by atoms with Gasteiger partial charge in [-0.1, -0.05) is 6.07 Å². The second-order valence-corrected chi connectivity index (χ2v) is 4.67. The maximum Gasteiger partial charge on any atom is 0.317 e. The molecule has 98 valence electrons. The number of aromatic nitrogens is 1. The van der Waals surface area contributed by atoms with Gasteiger partial charge in [0.25, 0.3) is 0 Å². The standard InChI is InChI=1S/C13H19N3O2/c17-13(18)8-15-12-5-3-7-16(10-12)9-11-4-1-2-6-14-11/h1-2,4,6,12,15H,3,5,7-10H2,(H,17,18). The summed E-state index contributed by atoms with van der Waals surface area (Å²) in [5.74, 6) is -0.795. The lowest BCUT2D eigenvalue weighted by Gasteiger charge is -2.32. The predicted molar refractivity (Wildman–Crippen MR) is 68.2 cm³/mol. The fourth-order valence-corrected chi connectivity index (χ4v) is 2.32. The fraction of sp³-hybridized carbons (Fsp3) is 0.538. The van der Waals surface area contributed by atoms with E-state index >= 15 is 0 Å². The number of piperidine rings is 1. The first-order valence-corrected chi connectivity index (χ1v) is 6.31. The molecule has 1 fully saturated rings. The number of pyridine rings is 1. The van der Waals surface area contributed by atoms with Gasteiger partial charge in [0.05, 0.1) is 12.2 Å². The molecule has 1 atom stereocenters. The van der Waals surface area contributed by atoms with Crippen LogP contribution in [0.25, 0.3) is 0 Å². The smallest absolute Gasteiger partial charge is 0.317 e. The van der Waals surface area contributed by atoms with E-state index in [0.29, 0.717) is 0 Å². The molecular formula is C13H19N3O2. The van der Waals surface area contributed by atoms with E-state index < -0.39 is 5.97 Å². The Morgan fingerprint density at radius 3 is 3.17 bits per heavy atom. The van der Waals surface area contributed by atoms with Gasteiger partial charge in [-0.2, -0.15) is 0 Å². The van der Waals surface area contributed by atoms with Gasteiger partial charge in [0.1, 0.15) is 0 Å². The van der Waals surface area contributed by atoms with Gasteiger partial charge in [0.15, 0.2) is 0 Å². The second kappa shape index (κ2) is 6.47. The number of nitrogens with zero attached hydrogens (tertiary/aromatic N) is 2. The second-order valence-electron chi connectivity index (χ2n) is 4.67. The number of aliphatic carboxylic acids is 1. The SMILES string of the molecule is O=C(O)CNC1CCCN(Cc2ccccn2)C1. The van der Waals surface area contributed by atoms with E-state index in [1.54, 1.807) is 6.20 Å². The molecule has 2 N–H and O–H groups in total. The summed E-state index contributed by atoms with van der Waals surface area (Å²) in [7, 11) is 0. The van der Waals surface area contributed by atoms with Crippen molar-refractivity contribution in [2.24, 2.45) is 0 Å². The molecule has 0 saturated carbocycles. The summed E-state index contributed by atoms with van der Waals surface area (Å²) in [6, 6.07) is 6.20. The number of nitrogens with one attached hydrogen (secondary N) is 1. The van der Waals surface area contributed by atoms with Crippen molar-refractivity contribution >= 4 is 5.97 Å². The van der Waals surface area contributed by atoms with Crippen LogP contribution in [0.5, 0.6) is 0 Å². The lowest BCUT2D eigenvalue weighted by atomic mass is 10.1. The molecule has 0 bridgehead atoms. The summed E-state index contributed by atoms with van der Waals surface area (Å²) in [6.45, 7) is 2.83. The maximum absolute atomic E-state index is 10.5. The average Bonchev–Trinajstić information content (AvgIpc) is 2.38. The number of hydrogen-bond acceptors (Lipinski definition) is 4. The Bertz CT molecular complexity index is 383. The van der Waals surface area contributed by atoms with E-state index in [9.17, 15) is 4.79 Å². The largest absolute Gasteiger partial charge is 0.480 e. The Morgan fingerprint density at radius 2 is 2.44 bits per heavy atom. The zero-order chi connectivity index (χ0) is 12.8. The number of likely N-dealkylation sites (tertiary alicyclic amines) is 1. The van der Waals surface area contributed by atoms with Crippen LogP contribution in [-0.4, -0.2) is 46.6 Å². The van der Waals surface area contributed by atoms with Crippen LogP contribution in [0.4, 0.5) is 0 Å². The molecule has 0 aromatic carbocycles. The molecule has 0 amide bonds. The van der Waals surface area contributed by atoms with E-state index in [1.165, 1.54) is 0 Å². The molecule has 1 unspecified atom stereocenters. The van der Waals surface area contributed by atoms with E-state index in [0.717, 1.165) is 38.2 Å². The maximum atomic E-state index is 10.5. The van der Waals surface area contributed by atoms with Crippen molar-refractivity contribution in [2.75, 3.05) is 19.6 Å². The van der Waals surface area contributed by atoms with E-state index in [2.05, 4.69) is 15.2 Å². The van der Waals surface area contributed by atoms with Crippen molar-refractivity contribution in [3.05, 3.63) is 30.1 Å². The molecular weight excluding hydrogens is 230 g/mol. The molecule has 0 aliphatic carbocycles. The predicted octanol–water partition coefficient (Wildman–Crippen LogP) is 0.720. The number of rotatable bonds is 5. The van der Waals surface area contributed by atoms with Gasteiger partial charge < -0.3 is 10.4 Å². The summed E-state index contributed by atoms with van der Waals surface area (Å²) >= 11 is 0. The highest BCUT2D eigenvalue weighted by molar-refractivity contribution is 5.69. The van der Waals surface area contributed by atoms with Crippen molar-refractivity contribution in [3.8, 4) is 0 Å². The zero-order valence-corrected chi connectivity index (χ0v) is 10.4. The van der Waals surface area contributed by atoms with Gasteiger partial charge in [-0.25, -0.2) is 0 Å². The normalized spacial score (nSPS) is 20.8. The Hall–Kier alpha value is -1.46. The highest BCUT2D eigenvalue weighted by atomic mass is 16.4. The Balaban J connectivity index is 1.81. The summed E-state index contributed by atoms with van der Waals surface area (Å²) in [6.07, 6.45) is 3.95. The van der Waals surface area contributed by atoms with E-state index in [4.69, 9.17) is 5.11 Å². The third-order valence-corrected chi connectivity index (χ3v) is 3.16. The fourth-order valence-electron chi connectivity index (χ4n) is 2.32. The molecule has 0 radical (unpaired) electrons. The summed E-state index contributed by atoms with van der Waals surface area (Å²) in [5, 5.41) is 11.7. The quantitative estimate of drug-likeness (QED) is 0.805. The lowest BCUT2D eigenvalue weighted by molar-refractivity contribution is -0.136. The van der Waals surface area contributed by atoms with Gasteiger partial charge in [-0.15, -0.1) is 0 Å². The molecule has 2 rings (SSSR count). The van der Waals surface area contributed by atoms with Gasteiger partial charge in [-0.05, 0) is 31.5 Å². The monoisotopic (exact) mass is 249 g/mol. The van der Waals surface area contributed by atoms with Gasteiger partial charge in [0.2, 0.25) is 0 Å². The minimum atomic E-state index is -0.795. The lowest BCUT2D eigenvalue weighted by Crippen LogP contribution is -2.46. The van der Waals surface area contributed by atoms with Crippen LogP contribution in [0, 0.1) is 0 Å². The number of hydrogen-bond donors (Lipinski definition) is 2. The molecule has 18 heavy (non-hydrogen) atoms.